The van der Waals surface area contributed by atoms with Crippen LogP contribution in [-0.2, 0) is 24.3 Å². The van der Waals surface area contributed by atoms with Gasteiger partial charge in [-0.1, -0.05) is 42.0 Å². The van der Waals surface area contributed by atoms with E-state index in [1.807, 2.05) is 37.3 Å². The average Bonchev–Trinajstić information content (AvgIpc) is 2.86. The van der Waals surface area contributed by atoms with Gasteiger partial charge in [-0.25, -0.2) is 13.2 Å². The third kappa shape index (κ3) is 5.32. The largest absolute Gasteiger partial charge is 0.452 e. The van der Waals surface area contributed by atoms with Crippen LogP contribution in [0.3, 0.4) is 0 Å². The normalized spacial score (nSPS) is 15.0. The molecule has 0 radical (unpaired) electrons. The van der Waals surface area contributed by atoms with Gasteiger partial charge in [0.15, 0.2) is 6.61 Å². The topological polar surface area (TPSA) is 96.9 Å². The zero-order valence-corrected chi connectivity index (χ0v) is 19.6. The summed E-state index contributed by atoms with van der Waals surface area (Å²) in [6.45, 7) is 2.33. The van der Waals surface area contributed by atoms with Crippen LogP contribution in [0.5, 0.6) is 0 Å². The van der Waals surface area contributed by atoms with Crippen LogP contribution >= 0.6 is 0 Å². The first-order valence-corrected chi connectivity index (χ1v) is 12.3. The molecule has 1 aromatic heterocycles. The minimum Gasteiger partial charge on any atom is -0.452 e. The van der Waals surface area contributed by atoms with Crippen molar-refractivity contribution in [2.24, 2.45) is 0 Å². The molecule has 0 N–H and O–H groups in total. The van der Waals surface area contributed by atoms with Crippen molar-refractivity contribution in [1.82, 2.24) is 14.2 Å². The molecule has 4 rings (SSSR count). The van der Waals surface area contributed by atoms with Crippen molar-refractivity contribution in [3.05, 3.63) is 78.0 Å². The van der Waals surface area contributed by atoms with E-state index in [0.29, 0.717) is 0 Å². The maximum absolute atomic E-state index is 12.8. The standard InChI is InChI=1S/C25H25N3O5S/c1-19-7-10-22(11-8-19)34(31,32)28-16-14-27(15-17-28)23(29)18-33-24(30)12-9-21-5-2-4-20-6-3-13-26-25(20)21/h2-13H,14-18H2,1H3/b12-9+. The van der Waals surface area contributed by atoms with Gasteiger partial charge in [-0.15, -0.1) is 0 Å². The van der Waals surface area contributed by atoms with Crippen LogP contribution in [-0.4, -0.2) is 67.3 Å². The van der Waals surface area contributed by atoms with Crippen LogP contribution in [0.25, 0.3) is 17.0 Å². The summed E-state index contributed by atoms with van der Waals surface area (Å²) in [6, 6.07) is 16.1. The van der Waals surface area contributed by atoms with E-state index in [-0.39, 0.29) is 37.0 Å². The lowest BCUT2D eigenvalue weighted by Crippen LogP contribution is -2.51. The molecule has 0 aliphatic carbocycles. The van der Waals surface area contributed by atoms with Gasteiger partial charge in [0.25, 0.3) is 5.91 Å². The van der Waals surface area contributed by atoms with Crippen molar-refractivity contribution in [3.8, 4) is 0 Å². The molecular formula is C25H25N3O5S. The SMILES string of the molecule is Cc1ccc(S(=O)(=O)N2CCN(C(=O)COC(=O)/C=C/c3cccc4cccnc34)CC2)cc1. The lowest BCUT2D eigenvalue weighted by Gasteiger charge is -2.33. The first kappa shape index (κ1) is 23.6. The number of amides is 1. The van der Waals surface area contributed by atoms with Crippen LogP contribution in [0.15, 0.2) is 71.8 Å². The van der Waals surface area contributed by atoms with Gasteiger partial charge in [-0.2, -0.15) is 4.31 Å². The molecule has 1 aliphatic heterocycles. The number of fused-ring (bicyclic) bond motifs is 1. The number of piperazine rings is 1. The second kappa shape index (κ2) is 10.1. The third-order valence-corrected chi connectivity index (χ3v) is 7.56. The summed E-state index contributed by atoms with van der Waals surface area (Å²) in [4.78, 5) is 30.7. The number of carbonyl (C=O) groups excluding carboxylic acids is 2. The fourth-order valence-electron chi connectivity index (χ4n) is 3.73. The summed E-state index contributed by atoms with van der Waals surface area (Å²) < 4.78 is 32.1. The lowest BCUT2D eigenvalue weighted by molar-refractivity contribution is -0.148. The number of rotatable bonds is 6. The Bertz CT molecular complexity index is 1320. The van der Waals surface area contributed by atoms with Gasteiger partial charge in [0.2, 0.25) is 10.0 Å². The van der Waals surface area contributed by atoms with Gasteiger partial charge in [-0.05, 0) is 31.2 Å². The lowest BCUT2D eigenvalue weighted by atomic mass is 10.1. The molecule has 0 spiro atoms. The number of pyridine rings is 1. The quantitative estimate of drug-likeness (QED) is 0.398. The van der Waals surface area contributed by atoms with Gasteiger partial charge in [0, 0.05) is 49.4 Å². The summed E-state index contributed by atoms with van der Waals surface area (Å²) in [5.74, 6) is -0.997. The van der Waals surface area contributed by atoms with Gasteiger partial charge in [-0.3, -0.25) is 9.78 Å². The first-order valence-electron chi connectivity index (χ1n) is 10.9. The predicted octanol–water partition coefficient (Wildman–Crippen LogP) is 2.63. The van der Waals surface area contributed by atoms with Crippen LogP contribution in [0.4, 0.5) is 0 Å². The summed E-state index contributed by atoms with van der Waals surface area (Å²) in [5.41, 5.74) is 2.52. The molecule has 8 nitrogen and oxygen atoms in total. The summed E-state index contributed by atoms with van der Waals surface area (Å²) in [6.07, 6.45) is 4.56. The molecular weight excluding hydrogens is 454 g/mol. The number of benzene rings is 2. The molecule has 1 fully saturated rings. The number of nitrogens with zero attached hydrogens (tertiary/aromatic N) is 3. The van der Waals surface area contributed by atoms with E-state index in [1.54, 1.807) is 36.5 Å². The minimum absolute atomic E-state index is 0.184. The number of para-hydroxylation sites is 1. The van der Waals surface area contributed by atoms with E-state index in [1.165, 1.54) is 15.3 Å². The van der Waals surface area contributed by atoms with Gasteiger partial charge >= 0.3 is 5.97 Å². The van der Waals surface area contributed by atoms with Gasteiger partial charge < -0.3 is 9.64 Å². The molecule has 1 saturated heterocycles. The molecule has 9 heteroatoms. The van der Waals surface area contributed by atoms with Crippen molar-refractivity contribution >= 4 is 38.9 Å². The summed E-state index contributed by atoms with van der Waals surface area (Å²) in [7, 11) is -3.61. The van der Waals surface area contributed by atoms with E-state index in [9.17, 15) is 18.0 Å². The number of hydrogen-bond acceptors (Lipinski definition) is 6. The van der Waals surface area contributed by atoms with Crippen molar-refractivity contribution in [1.29, 1.82) is 0 Å². The molecule has 34 heavy (non-hydrogen) atoms. The minimum atomic E-state index is -3.61. The molecule has 1 amide bonds. The maximum Gasteiger partial charge on any atom is 0.331 e. The molecule has 2 aromatic carbocycles. The average molecular weight is 480 g/mol. The van der Waals surface area contributed by atoms with Crippen LogP contribution in [0, 0.1) is 6.92 Å². The number of hydrogen-bond donors (Lipinski definition) is 0. The zero-order chi connectivity index (χ0) is 24.1. The zero-order valence-electron chi connectivity index (χ0n) is 18.8. The number of carbonyl (C=O) groups is 2. The molecule has 0 atom stereocenters. The third-order valence-electron chi connectivity index (χ3n) is 5.65. The highest BCUT2D eigenvalue weighted by atomic mass is 32.2. The molecule has 3 aromatic rings. The Kier molecular flexibility index (Phi) is 7.04. The highest BCUT2D eigenvalue weighted by molar-refractivity contribution is 7.89. The second-order valence-electron chi connectivity index (χ2n) is 7.96. The Balaban J connectivity index is 1.28. The van der Waals surface area contributed by atoms with Crippen molar-refractivity contribution in [3.63, 3.8) is 0 Å². The fourth-order valence-corrected chi connectivity index (χ4v) is 5.15. The number of aromatic nitrogens is 1. The molecule has 1 aliphatic rings. The van der Waals surface area contributed by atoms with E-state index >= 15 is 0 Å². The van der Waals surface area contributed by atoms with Crippen LogP contribution in [0.1, 0.15) is 11.1 Å². The number of ether oxygens (including phenoxy) is 1. The fraction of sp³-hybridized carbons (Fsp3) is 0.240. The molecule has 2 heterocycles. The van der Waals surface area contributed by atoms with E-state index in [4.69, 9.17) is 4.74 Å². The monoisotopic (exact) mass is 479 g/mol. The van der Waals surface area contributed by atoms with Crippen molar-refractivity contribution in [2.75, 3.05) is 32.8 Å². The Hall–Kier alpha value is -3.56. The number of esters is 1. The van der Waals surface area contributed by atoms with Crippen LogP contribution < -0.4 is 0 Å². The van der Waals surface area contributed by atoms with E-state index in [2.05, 4.69) is 4.98 Å². The van der Waals surface area contributed by atoms with E-state index < -0.39 is 22.6 Å². The smallest absolute Gasteiger partial charge is 0.331 e. The summed E-state index contributed by atoms with van der Waals surface area (Å²) in [5, 5.41) is 0.955. The molecule has 0 saturated carbocycles. The summed E-state index contributed by atoms with van der Waals surface area (Å²) >= 11 is 0. The van der Waals surface area contributed by atoms with Gasteiger partial charge in [0.05, 0.1) is 10.4 Å². The highest BCUT2D eigenvalue weighted by Crippen LogP contribution is 2.19. The second-order valence-corrected chi connectivity index (χ2v) is 9.90. The maximum atomic E-state index is 12.8. The predicted molar refractivity (Wildman–Crippen MR) is 128 cm³/mol. The van der Waals surface area contributed by atoms with Crippen LogP contribution in [0.2, 0.25) is 0 Å². The first-order chi connectivity index (χ1) is 16.3. The molecule has 0 bridgehead atoms. The Morgan fingerprint density at radius 3 is 2.44 bits per heavy atom. The van der Waals surface area contributed by atoms with Crippen molar-refractivity contribution < 1.29 is 22.7 Å². The number of sulfonamides is 1. The molecule has 176 valence electrons. The van der Waals surface area contributed by atoms with Crippen molar-refractivity contribution in [2.45, 2.75) is 11.8 Å². The van der Waals surface area contributed by atoms with Gasteiger partial charge in [0.1, 0.15) is 0 Å². The number of aryl methyl sites for hydroxylation is 1. The Morgan fingerprint density at radius 2 is 1.71 bits per heavy atom. The highest BCUT2D eigenvalue weighted by Gasteiger charge is 2.30. The Morgan fingerprint density at radius 1 is 1.00 bits per heavy atom. The molecule has 0 unspecified atom stereocenters. The Labute approximate surface area is 198 Å². The van der Waals surface area contributed by atoms with E-state index in [0.717, 1.165) is 22.0 Å².